The Morgan fingerprint density at radius 2 is 2.05 bits per heavy atom. The average molecular weight is 291 g/mol. The van der Waals surface area contributed by atoms with Crippen LogP contribution in [0.5, 0.6) is 0 Å². The van der Waals surface area contributed by atoms with Gasteiger partial charge >= 0.3 is 0 Å². The van der Waals surface area contributed by atoms with Crippen LogP contribution in [0.1, 0.15) is 64.1 Å². The number of aromatic nitrogens is 2. The molecule has 2 aliphatic rings. The van der Waals surface area contributed by atoms with Crippen molar-refractivity contribution in [3.05, 3.63) is 18.0 Å². The lowest BCUT2D eigenvalue weighted by Crippen LogP contribution is -2.42. The molecule has 0 aromatic carbocycles. The number of aliphatic hydroxyl groups is 1. The summed E-state index contributed by atoms with van der Waals surface area (Å²) < 4.78 is 2.13. The Bertz CT molecular complexity index is 457. The molecule has 2 heterocycles. The molecule has 0 spiro atoms. The Labute approximate surface area is 128 Å². The monoisotopic (exact) mass is 291 g/mol. The van der Waals surface area contributed by atoms with Crippen LogP contribution in [0.15, 0.2) is 12.3 Å². The fourth-order valence-electron chi connectivity index (χ4n) is 4.26. The molecule has 0 bridgehead atoms. The predicted octanol–water partition coefficient (Wildman–Crippen LogP) is 2.98. The van der Waals surface area contributed by atoms with E-state index in [-0.39, 0.29) is 6.10 Å². The van der Waals surface area contributed by atoms with Crippen molar-refractivity contribution in [3.63, 3.8) is 0 Å². The van der Waals surface area contributed by atoms with Crippen LogP contribution < -0.4 is 0 Å². The minimum Gasteiger partial charge on any atom is -0.393 e. The van der Waals surface area contributed by atoms with E-state index in [1.807, 2.05) is 6.20 Å². The third kappa shape index (κ3) is 3.16. The van der Waals surface area contributed by atoms with Crippen LogP contribution in [0.25, 0.3) is 0 Å². The zero-order chi connectivity index (χ0) is 14.8. The van der Waals surface area contributed by atoms with Crippen molar-refractivity contribution in [2.75, 3.05) is 6.54 Å². The maximum atomic E-state index is 10.4. The summed E-state index contributed by atoms with van der Waals surface area (Å²) in [5.74, 6) is 0.483. The minimum atomic E-state index is -0.0839. The molecule has 2 fully saturated rings. The Kier molecular flexibility index (Phi) is 4.65. The van der Waals surface area contributed by atoms with E-state index in [9.17, 15) is 5.11 Å². The summed E-state index contributed by atoms with van der Waals surface area (Å²) in [6.07, 6.45) is 9.03. The molecule has 1 saturated carbocycles. The standard InChI is InChI=1S/C17H29N3O/c1-13(2)20-14(9-10-18-20)12-19-11-5-7-16(19)15-6-3-4-8-17(15)21/h9-10,13,15-17,21H,3-8,11-12H2,1-2H3. The van der Waals surface area contributed by atoms with Crippen LogP contribution in [0.2, 0.25) is 0 Å². The Morgan fingerprint density at radius 1 is 1.24 bits per heavy atom. The van der Waals surface area contributed by atoms with Crippen molar-refractivity contribution in [1.29, 1.82) is 0 Å². The molecule has 21 heavy (non-hydrogen) atoms. The molecular weight excluding hydrogens is 262 g/mol. The SMILES string of the molecule is CC(C)n1nccc1CN1CCCC1C1CCCCC1O. The number of hydrogen-bond acceptors (Lipinski definition) is 3. The molecule has 0 radical (unpaired) electrons. The van der Waals surface area contributed by atoms with E-state index in [0.29, 0.717) is 18.0 Å². The van der Waals surface area contributed by atoms with Crippen LogP contribution in [0, 0.1) is 5.92 Å². The predicted molar refractivity (Wildman–Crippen MR) is 84.0 cm³/mol. The molecule has 4 nitrogen and oxygen atoms in total. The zero-order valence-electron chi connectivity index (χ0n) is 13.4. The lowest BCUT2D eigenvalue weighted by atomic mass is 9.80. The molecule has 4 heteroatoms. The molecule has 118 valence electrons. The molecule has 1 aromatic rings. The van der Waals surface area contributed by atoms with E-state index >= 15 is 0 Å². The molecule has 3 unspecified atom stereocenters. The molecule has 3 rings (SSSR count). The Balaban J connectivity index is 1.70. The summed E-state index contributed by atoms with van der Waals surface area (Å²) in [5.41, 5.74) is 1.31. The van der Waals surface area contributed by atoms with Crippen LogP contribution in [0.3, 0.4) is 0 Å². The second kappa shape index (κ2) is 6.49. The topological polar surface area (TPSA) is 41.3 Å². The van der Waals surface area contributed by atoms with Gasteiger partial charge in [0.25, 0.3) is 0 Å². The molecule has 3 atom stereocenters. The Morgan fingerprint density at radius 3 is 2.81 bits per heavy atom. The number of hydrogen-bond donors (Lipinski definition) is 1. The van der Waals surface area contributed by atoms with Gasteiger partial charge in [0.15, 0.2) is 0 Å². The fourth-order valence-corrected chi connectivity index (χ4v) is 4.26. The number of likely N-dealkylation sites (tertiary alicyclic amines) is 1. The van der Waals surface area contributed by atoms with E-state index in [1.165, 1.54) is 37.8 Å². The van der Waals surface area contributed by atoms with E-state index in [2.05, 4.69) is 34.6 Å². The molecule has 1 aromatic heterocycles. The molecule has 1 N–H and O–H groups in total. The van der Waals surface area contributed by atoms with Gasteiger partial charge in [0.1, 0.15) is 0 Å². The van der Waals surface area contributed by atoms with Crippen molar-refractivity contribution in [3.8, 4) is 0 Å². The first-order valence-electron chi connectivity index (χ1n) is 8.61. The maximum Gasteiger partial charge on any atom is 0.0583 e. The number of rotatable bonds is 4. The summed E-state index contributed by atoms with van der Waals surface area (Å²) >= 11 is 0. The first kappa shape index (κ1) is 15.0. The highest BCUT2D eigenvalue weighted by Gasteiger charge is 2.37. The second-order valence-corrected chi connectivity index (χ2v) is 7.06. The highest BCUT2D eigenvalue weighted by atomic mass is 16.3. The average Bonchev–Trinajstić information content (AvgIpc) is 3.09. The number of nitrogens with zero attached hydrogens (tertiary/aromatic N) is 3. The first-order chi connectivity index (χ1) is 10.2. The summed E-state index contributed by atoms with van der Waals surface area (Å²) in [6.45, 7) is 6.51. The van der Waals surface area contributed by atoms with Gasteiger partial charge in [-0.3, -0.25) is 9.58 Å². The largest absolute Gasteiger partial charge is 0.393 e. The minimum absolute atomic E-state index is 0.0839. The van der Waals surface area contributed by atoms with Gasteiger partial charge in [0.2, 0.25) is 0 Å². The third-order valence-corrected chi connectivity index (χ3v) is 5.30. The van der Waals surface area contributed by atoms with Crippen molar-refractivity contribution in [1.82, 2.24) is 14.7 Å². The van der Waals surface area contributed by atoms with Crippen LogP contribution in [-0.4, -0.2) is 38.5 Å². The summed E-state index contributed by atoms with van der Waals surface area (Å²) in [4.78, 5) is 2.59. The zero-order valence-corrected chi connectivity index (χ0v) is 13.4. The van der Waals surface area contributed by atoms with Crippen LogP contribution in [-0.2, 0) is 6.54 Å². The quantitative estimate of drug-likeness (QED) is 0.927. The lowest BCUT2D eigenvalue weighted by molar-refractivity contribution is 0.0195. The van der Waals surface area contributed by atoms with Gasteiger partial charge in [-0.05, 0) is 52.1 Å². The van der Waals surface area contributed by atoms with E-state index in [0.717, 1.165) is 19.5 Å². The van der Waals surface area contributed by atoms with Crippen LogP contribution >= 0.6 is 0 Å². The van der Waals surface area contributed by atoms with Gasteiger partial charge in [0, 0.05) is 30.7 Å². The van der Waals surface area contributed by atoms with E-state index in [1.54, 1.807) is 0 Å². The fraction of sp³-hybridized carbons (Fsp3) is 0.824. The van der Waals surface area contributed by atoms with Gasteiger partial charge in [-0.15, -0.1) is 0 Å². The molecule has 1 saturated heterocycles. The second-order valence-electron chi connectivity index (χ2n) is 7.06. The van der Waals surface area contributed by atoms with Gasteiger partial charge in [-0.2, -0.15) is 5.10 Å². The van der Waals surface area contributed by atoms with Crippen LogP contribution in [0.4, 0.5) is 0 Å². The van der Waals surface area contributed by atoms with Crippen molar-refractivity contribution >= 4 is 0 Å². The maximum absolute atomic E-state index is 10.4. The molecular formula is C17H29N3O. The molecule has 1 aliphatic carbocycles. The van der Waals surface area contributed by atoms with E-state index in [4.69, 9.17) is 0 Å². The Hall–Kier alpha value is -0.870. The van der Waals surface area contributed by atoms with Gasteiger partial charge < -0.3 is 5.11 Å². The summed E-state index contributed by atoms with van der Waals surface area (Å²) in [6, 6.07) is 3.12. The highest BCUT2D eigenvalue weighted by molar-refractivity contribution is 5.03. The van der Waals surface area contributed by atoms with Crippen molar-refractivity contribution < 1.29 is 5.11 Å². The summed E-state index contributed by atoms with van der Waals surface area (Å²) in [5, 5.41) is 14.8. The first-order valence-corrected chi connectivity index (χ1v) is 8.61. The highest BCUT2D eigenvalue weighted by Crippen LogP contribution is 2.35. The van der Waals surface area contributed by atoms with E-state index < -0.39 is 0 Å². The van der Waals surface area contributed by atoms with Crippen molar-refractivity contribution in [2.45, 2.75) is 77.1 Å². The third-order valence-electron chi connectivity index (χ3n) is 5.30. The lowest BCUT2D eigenvalue weighted by Gasteiger charge is -2.37. The normalized spacial score (nSPS) is 31.1. The van der Waals surface area contributed by atoms with Crippen molar-refractivity contribution in [2.24, 2.45) is 5.92 Å². The summed E-state index contributed by atoms with van der Waals surface area (Å²) in [7, 11) is 0. The smallest absolute Gasteiger partial charge is 0.0583 e. The number of aliphatic hydroxyl groups excluding tert-OH is 1. The molecule has 1 aliphatic heterocycles. The van der Waals surface area contributed by atoms with Gasteiger partial charge in [-0.25, -0.2) is 0 Å². The van der Waals surface area contributed by atoms with Gasteiger partial charge in [0.05, 0.1) is 11.8 Å². The van der Waals surface area contributed by atoms with Gasteiger partial charge in [-0.1, -0.05) is 12.8 Å². The molecule has 0 amide bonds.